The van der Waals surface area contributed by atoms with Crippen molar-refractivity contribution in [3.63, 3.8) is 0 Å². The van der Waals surface area contributed by atoms with E-state index in [4.69, 9.17) is 0 Å². The standard InChI is InChI=1S/C14H20N2O/c1-11-3-5-13(6-4-11)9-14(17)16-8-7-15-10-12(16)2/h3-6,12,15H,7-10H2,1-2H3. The number of nitrogens with zero attached hydrogens (tertiary/aromatic N) is 1. The molecule has 1 N–H and O–H groups in total. The van der Waals surface area contributed by atoms with Crippen molar-refractivity contribution in [3.05, 3.63) is 35.4 Å². The SMILES string of the molecule is Cc1ccc(CC(=O)N2CCNCC2C)cc1. The van der Waals surface area contributed by atoms with Crippen molar-refractivity contribution in [2.24, 2.45) is 0 Å². The highest BCUT2D eigenvalue weighted by atomic mass is 16.2. The average Bonchev–Trinajstić information content (AvgIpc) is 2.32. The molecule has 3 nitrogen and oxygen atoms in total. The average molecular weight is 232 g/mol. The molecule has 1 atom stereocenters. The Morgan fingerprint density at radius 1 is 1.41 bits per heavy atom. The highest BCUT2D eigenvalue weighted by molar-refractivity contribution is 5.79. The predicted octanol–water partition coefficient (Wildman–Crippen LogP) is 1.36. The van der Waals surface area contributed by atoms with E-state index in [1.165, 1.54) is 5.56 Å². The summed E-state index contributed by atoms with van der Waals surface area (Å²) in [4.78, 5) is 14.1. The third-order valence-electron chi connectivity index (χ3n) is 3.30. The van der Waals surface area contributed by atoms with Crippen LogP contribution in [0.4, 0.5) is 0 Å². The normalized spacial score (nSPS) is 20.4. The Bertz CT molecular complexity index is 386. The molecule has 3 heteroatoms. The maximum absolute atomic E-state index is 12.2. The monoisotopic (exact) mass is 232 g/mol. The molecule has 1 heterocycles. The molecular weight excluding hydrogens is 212 g/mol. The summed E-state index contributed by atoms with van der Waals surface area (Å²) >= 11 is 0. The summed E-state index contributed by atoms with van der Waals surface area (Å²) in [6, 6.07) is 8.51. The predicted molar refractivity (Wildman–Crippen MR) is 68.9 cm³/mol. The van der Waals surface area contributed by atoms with Gasteiger partial charge in [0, 0.05) is 25.7 Å². The van der Waals surface area contributed by atoms with Crippen LogP contribution in [0.1, 0.15) is 18.1 Å². The second kappa shape index (κ2) is 5.32. The molecule has 17 heavy (non-hydrogen) atoms. The Hall–Kier alpha value is -1.35. The number of benzene rings is 1. The zero-order chi connectivity index (χ0) is 12.3. The summed E-state index contributed by atoms with van der Waals surface area (Å²) in [6.07, 6.45) is 0.518. The molecule has 1 aliphatic rings. The molecule has 92 valence electrons. The van der Waals surface area contributed by atoms with Gasteiger partial charge in [0.15, 0.2) is 0 Å². The molecule has 1 aromatic rings. The highest BCUT2D eigenvalue weighted by Gasteiger charge is 2.22. The van der Waals surface area contributed by atoms with Gasteiger partial charge >= 0.3 is 0 Å². The van der Waals surface area contributed by atoms with E-state index in [0.717, 1.165) is 25.2 Å². The van der Waals surface area contributed by atoms with Gasteiger partial charge in [-0.1, -0.05) is 29.8 Å². The molecular formula is C14H20N2O. The number of nitrogens with one attached hydrogen (secondary N) is 1. The number of hydrogen-bond donors (Lipinski definition) is 1. The van der Waals surface area contributed by atoms with E-state index < -0.39 is 0 Å². The van der Waals surface area contributed by atoms with Crippen LogP contribution in [0.3, 0.4) is 0 Å². The number of carbonyl (C=O) groups is 1. The smallest absolute Gasteiger partial charge is 0.227 e. The van der Waals surface area contributed by atoms with E-state index in [1.54, 1.807) is 0 Å². The van der Waals surface area contributed by atoms with E-state index >= 15 is 0 Å². The van der Waals surface area contributed by atoms with Crippen LogP contribution in [-0.2, 0) is 11.2 Å². The van der Waals surface area contributed by atoms with Gasteiger partial charge in [-0.05, 0) is 19.4 Å². The first-order valence-electron chi connectivity index (χ1n) is 6.22. The van der Waals surface area contributed by atoms with Crippen molar-refractivity contribution in [2.75, 3.05) is 19.6 Å². The van der Waals surface area contributed by atoms with Crippen molar-refractivity contribution in [1.82, 2.24) is 10.2 Å². The van der Waals surface area contributed by atoms with Gasteiger partial charge in [0.1, 0.15) is 0 Å². The Labute approximate surface area is 103 Å². The van der Waals surface area contributed by atoms with E-state index in [0.29, 0.717) is 12.5 Å². The van der Waals surface area contributed by atoms with E-state index in [-0.39, 0.29) is 5.91 Å². The Morgan fingerprint density at radius 2 is 2.12 bits per heavy atom. The first-order valence-corrected chi connectivity index (χ1v) is 6.22. The van der Waals surface area contributed by atoms with E-state index in [1.807, 2.05) is 17.0 Å². The lowest BCUT2D eigenvalue weighted by Gasteiger charge is -2.34. The first-order chi connectivity index (χ1) is 8.16. The summed E-state index contributed by atoms with van der Waals surface area (Å²) in [5, 5.41) is 3.30. The number of carbonyl (C=O) groups excluding carboxylic acids is 1. The Balaban J connectivity index is 1.98. The molecule has 1 fully saturated rings. The Morgan fingerprint density at radius 3 is 2.76 bits per heavy atom. The number of amides is 1. The quantitative estimate of drug-likeness (QED) is 0.835. The molecule has 1 unspecified atom stereocenters. The second-order valence-corrected chi connectivity index (χ2v) is 4.80. The molecule has 0 bridgehead atoms. The molecule has 1 aliphatic heterocycles. The first kappa shape index (κ1) is 12.1. The molecule has 0 spiro atoms. The minimum atomic E-state index is 0.239. The largest absolute Gasteiger partial charge is 0.337 e. The van der Waals surface area contributed by atoms with Crippen molar-refractivity contribution in [2.45, 2.75) is 26.3 Å². The van der Waals surface area contributed by atoms with Crippen molar-refractivity contribution in [1.29, 1.82) is 0 Å². The van der Waals surface area contributed by atoms with Crippen molar-refractivity contribution >= 4 is 5.91 Å². The molecule has 2 rings (SSSR count). The van der Waals surface area contributed by atoms with Crippen LogP contribution in [0.2, 0.25) is 0 Å². The lowest BCUT2D eigenvalue weighted by Crippen LogP contribution is -2.52. The fraction of sp³-hybridized carbons (Fsp3) is 0.500. The van der Waals surface area contributed by atoms with Crippen LogP contribution >= 0.6 is 0 Å². The van der Waals surface area contributed by atoms with Gasteiger partial charge in [0.25, 0.3) is 0 Å². The zero-order valence-electron chi connectivity index (χ0n) is 10.6. The van der Waals surface area contributed by atoms with Crippen LogP contribution in [0.15, 0.2) is 24.3 Å². The number of rotatable bonds is 2. The topological polar surface area (TPSA) is 32.3 Å². The van der Waals surface area contributed by atoms with Gasteiger partial charge in [-0.2, -0.15) is 0 Å². The number of hydrogen-bond acceptors (Lipinski definition) is 2. The van der Waals surface area contributed by atoms with Gasteiger partial charge < -0.3 is 10.2 Å². The minimum Gasteiger partial charge on any atom is -0.337 e. The van der Waals surface area contributed by atoms with E-state index in [9.17, 15) is 4.79 Å². The van der Waals surface area contributed by atoms with Gasteiger partial charge in [0.2, 0.25) is 5.91 Å². The molecule has 1 amide bonds. The molecule has 1 saturated heterocycles. The maximum Gasteiger partial charge on any atom is 0.227 e. The van der Waals surface area contributed by atoms with Crippen molar-refractivity contribution < 1.29 is 4.79 Å². The summed E-state index contributed by atoms with van der Waals surface area (Å²) in [6.45, 7) is 6.79. The van der Waals surface area contributed by atoms with Crippen molar-refractivity contribution in [3.8, 4) is 0 Å². The van der Waals surface area contributed by atoms with Crippen LogP contribution < -0.4 is 5.32 Å². The van der Waals surface area contributed by atoms with Gasteiger partial charge in [0.05, 0.1) is 6.42 Å². The van der Waals surface area contributed by atoms with Crippen LogP contribution in [-0.4, -0.2) is 36.5 Å². The fourth-order valence-corrected chi connectivity index (χ4v) is 2.19. The molecule has 0 aromatic heterocycles. The number of piperazine rings is 1. The molecule has 0 saturated carbocycles. The van der Waals surface area contributed by atoms with Gasteiger partial charge in [-0.25, -0.2) is 0 Å². The Kier molecular flexibility index (Phi) is 3.79. The van der Waals surface area contributed by atoms with Crippen LogP contribution in [0.25, 0.3) is 0 Å². The summed E-state index contributed by atoms with van der Waals surface area (Å²) < 4.78 is 0. The molecule has 0 aliphatic carbocycles. The van der Waals surface area contributed by atoms with Crippen LogP contribution in [0, 0.1) is 6.92 Å². The number of aryl methyl sites for hydroxylation is 1. The lowest BCUT2D eigenvalue weighted by molar-refractivity contribution is -0.133. The second-order valence-electron chi connectivity index (χ2n) is 4.80. The van der Waals surface area contributed by atoms with Gasteiger partial charge in [-0.3, -0.25) is 4.79 Å². The summed E-state index contributed by atoms with van der Waals surface area (Å²) in [7, 11) is 0. The minimum absolute atomic E-state index is 0.239. The highest BCUT2D eigenvalue weighted by Crippen LogP contribution is 2.09. The summed E-state index contributed by atoms with van der Waals surface area (Å²) in [5.74, 6) is 0.239. The lowest BCUT2D eigenvalue weighted by atomic mass is 10.1. The van der Waals surface area contributed by atoms with Crippen LogP contribution in [0.5, 0.6) is 0 Å². The van der Waals surface area contributed by atoms with Gasteiger partial charge in [-0.15, -0.1) is 0 Å². The third-order valence-corrected chi connectivity index (χ3v) is 3.30. The zero-order valence-corrected chi connectivity index (χ0v) is 10.6. The molecule has 0 radical (unpaired) electrons. The maximum atomic E-state index is 12.2. The summed E-state index contributed by atoms with van der Waals surface area (Å²) in [5.41, 5.74) is 2.34. The molecule has 1 aromatic carbocycles. The van der Waals surface area contributed by atoms with E-state index in [2.05, 4.69) is 31.3 Å². The fourth-order valence-electron chi connectivity index (χ4n) is 2.19. The third kappa shape index (κ3) is 3.07.